The highest BCUT2D eigenvalue weighted by molar-refractivity contribution is 6.29. The summed E-state index contributed by atoms with van der Waals surface area (Å²) in [5, 5.41) is 8.67. The molecule has 3 aromatic heterocycles. The molecule has 6 heteroatoms. The summed E-state index contributed by atoms with van der Waals surface area (Å²) in [4.78, 5) is 8.65. The Hall–Kier alpha value is -2.01. The van der Waals surface area contributed by atoms with Crippen molar-refractivity contribution >= 4 is 17.2 Å². The van der Waals surface area contributed by atoms with Gasteiger partial charge in [-0.05, 0) is 26.0 Å². The number of pyridine rings is 1. The van der Waals surface area contributed by atoms with E-state index in [-0.39, 0.29) is 0 Å². The van der Waals surface area contributed by atoms with Crippen LogP contribution in [0.2, 0.25) is 5.15 Å². The molecule has 0 saturated heterocycles. The van der Waals surface area contributed by atoms with E-state index >= 15 is 0 Å². The summed E-state index contributed by atoms with van der Waals surface area (Å²) < 4.78 is 1.84. The molecule has 0 aliphatic carbocycles. The molecule has 0 unspecified atom stereocenters. The van der Waals surface area contributed by atoms with Gasteiger partial charge in [-0.3, -0.25) is 4.40 Å². The molecule has 0 spiro atoms. The Kier molecular flexibility index (Phi) is 2.48. The van der Waals surface area contributed by atoms with E-state index in [1.54, 1.807) is 6.07 Å². The monoisotopic (exact) mass is 259 g/mol. The summed E-state index contributed by atoms with van der Waals surface area (Å²) in [5.74, 6) is 1.41. The average molecular weight is 260 g/mol. The minimum absolute atomic E-state index is 0.413. The van der Waals surface area contributed by atoms with Crippen LogP contribution in [0.1, 0.15) is 11.5 Å². The molecule has 5 nitrogen and oxygen atoms in total. The lowest BCUT2D eigenvalue weighted by Crippen LogP contribution is -1.99. The number of hydrogen-bond donors (Lipinski definition) is 0. The van der Waals surface area contributed by atoms with Gasteiger partial charge in [0.2, 0.25) is 0 Å². The lowest BCUT2D eigenvalue weighted by Gasteiger charge is -2.03. The van der Waals surface area contributed by atoms with Crippen molar-refractivity contribution in [1.82, 2.24) is 24.6 Å². The molecule has 0 aromatic carbocycles. The molecule has 18 heavy (non-hydrogen) atoms. The molecule has 0 N–H and O–H groups in total. The first-order chi connectivity index (χ1) is 8.65. The minimum Gasteiger partial charge on any atom is -0.261 e. The third kappa shape index (κ3) is 1.73. The maximum absolute atomic E-state index is 5.90. The molecule has 3 aromatic rings. The third-order valence-corrected chi connectivity index (χ3v) is 2.84. The topological polar surface area (TPSA) is 56.0 Å². The number of nitrogens with zero attached hydrogens (tertiary/aromatic N) is 5. The van der Waals surface area contributed by atoms with E-state index in [1.807, 2.05) is 36.4 Å². The van der Waals surface area contributed by atoms with Crippen LogP contribution in [0.5, 0.6) is 0 Å². The van der Waals surface area contributed by atoms with Crippen LogP contribution in [0, 0.1) is 13.8 Å². The van der Waals surface area contributed by atoms with Gasteiger partial charge in [0, 0.05) is 11.8 Å². The minimum atomic E-state index is 0.413. The summed E-state index contributed by atoms with van der Waals surface area (Å²) in [6.07, 6.45) is 0. The Morgan fingerprint density at radius 3 is 2.72 bits per heavy atom. The van der Waals surface area contributed by atoms with Crippen molar-refractivity contribution in [2.45, 2.75) is 13.8 Å². The summed E-state index contributed by atoms with van der Waals surface area (Å²) in [6, 6.07) is 7.46. The maximum Gasteiger partial charge on any atom is 0.188 e. The summed E-state index contributed by atoms with van der Waals surface area (Å²) in [6.45, 7) is 3.80. The van der Waals surface area contributed by atoms with E-state index in [0.717, 1.165) is 17.2 Å². The molecule has 3 heterocycles. The maximum atomic E-state index is 5.90. The van der Waals surface area contributed by atoms with Crippen LogP contribution in [0.4, 0.5) is 0 Å². The van der Waals surface area contributed by atoms with Gasteiger partial charge >= 0.3 is 0 Å². The third-order valence-electron chi connectivity index (χ3n) is 2.65. The lowest BCUT2D eigenvalue weighted by molar-refractivity contribution is 0.979. The first kappa shape index (κ1) is 11.1. The zero-order valence-corrected chi connectivity index (χ0v) is 10.7. The predicted octanol–water partition coefficient (Wildman–Crippen LogP) is 2.46. The highest BCUT2D eigenvalue weighted by atomic mass is 35.5. The van der Waals surface area contributed by atoms with Crippen LogP contribution in [0.15, 0.2) is 24.3 Å². The van der Waals surface area contributed by atoms with Crippen molar-refractivity contribution in [3.63, 3.8) is 0 Å². The van der Waals surface area contributed by atoms with Gasteiger partial charge in [0.25, 0.3) is 0 Å². The van der Waals surface area contributed by atoms with Crippen molar-refractivity contribution in [3.8, 4) is 11.5 Å². The van der Waals surface area contributed by atoms with Gasteiger partial charge < -0.3 is 0 Å². The molecule has 0 aliphatic heterocycles. The van der Waals surface area contributed by atoms with Crippen LogP contribution < -0.4 is 0 Å². The van der Waals surface area contributed by atoms with Gasteiger partial charge in [0.1, 0.15) is 16.7 Å². The van der Waals surface area contributed by atoms with Gasteiger partial charge in [-0.25, -0.2) is 9.97 Å². The number of halogens is 1. The van der Waals surface area contributed by atoms with E-state index in [2.05, 4.69) is 20.2 Å². The van der Waals surface area contributed by atoms with Gasteiger partial charge in [0.05, 0.1) is 0 Å². The van der Waals surface area contributed by atoms with Crippen LogP contribution >= 0.6 is 11.6 Å². The van der Waals surface area contributed by atoms with Crippen molar-refractivity contribution < 1.29 is 0 Å². The highest BCUT2D eigenvalue weighted by Gasteiger charge is 2.12. The molecule has 3 rings (SSSR count). The molecular weight excluding hydrogens is 250 g/mol. The number of aromatic nitrogens is 5. The van der Waals surface area contributed by atoms with Crippen molar-refractivity contribution in [3.05, 3.63) is 40.9 Å². The molecule has 0 radical (unpaired) electrons. The molecular formula is C12H10ClN5. The molecule has 0 atom stereocenters. The fraction of sp³-hybridized carbons (Fsp3) is 0.167. The molecule has 0 aliphatic rings. The van der Waals surface area contributed by atoms with Crippen LogP contribution in [0.3, 0.4) is 0 Å². The lowest BCUT2D eigenvalue weighted by atomic mass is 10.3. The van der Waals surface area contributed by atoms with E-state index in [0.29, 0.717) is 16.6 Å². The standard InChI is InChI=1S/C12H10ClN5/c1-7-4-3-5-9(14-7)12-17-16-11-6-10(13)15-8(2)18(11)12/h3-6H,1-2H3. The summed E-state index contributed by atoms with van der Waals surface area (Å²) in [5.41, 5.74) is 2.38. The Labute approximate surface area is 108 Å². The van der Waals surface area contributed by atoms with Crippen LogP contribution in [0.25, 0.3) is 17.2 Å². The Morgan fingerprint density at radius 1 is 1.11 bits per heavy atom. The second-order valence-corrected chi connectivity index (χ2v) is 4.39. The van der Waals surface area contributed by atoms with Crippen LogP contribution in [-0.2, 0) is 0 Å². The molecule has 0 fully saturated rings. The fourth-order valence-electron chi connectivity index (χ4n) is 1.89. The molecule has 0 bridgehead atoms. The summed E-state index contributed by atoms with van der Waals surface area (Å²) in [7, 11) is 0. The highest BCUT2D eigenvalue weighted by Crippen LogP contribution is 2.19. The zero-order chi connectivity index (χ0) is 12.7. The fourth-order valence-corrected chi connectivity index (χ4v) is 2.11. The van der Waals surface area contributed by atoms with E-state index in [4.69, 9.17) is 11.6 Å². The number of fused-ring (bicyclic) bond motifs is 1. The SMILES string of the molecule is Cc1cccc(-c2nnc3cc(Cl)nc(C)n23)n1. The first-order valence-electron chi connectivity index (χ1n) is 5.47. The van der Waals surface area contributed by atoms with E-state index in [9.17, 15) is 0 Å². The second-order valence-electron chi connectivity index (χ2n) is 4.01. The Balaban J connectivity index is 2.31. The smallest absolute Gasteiger partial charge is 0.188 e. The number of hydrogen-bond acceptors (Lipinski definition) is 4. The first-order valence-corrected chi connectivity index (χ1v) is 5.85. The van der Waals surface area contributed by atoms with Crippen molar-refractivity contribution in [1.29, 1.82) is 0 Å². The molecule has 0 saturated carbocycles. The van der Waals surface area contributed by atoms with Gasteiger partial charge in [-0.1, -0.05) is 17.7 Å². The number of aryl methyl sites for hydroxylation is 2. The van der Waals surface area contributed by atoms with Crippen LogP contribution in [-0.4, -0.2) is 24.6 Å². The largest absolute Gasteiger partial charge is 0.261 e. The van der Waals surface area contributed by atoms with Crippen molar-refractivity contribution in [2.24, 2.45) is 0 Å². The van der Waals surface area contributed by atoms with Gasteiger partial charge in [-0.2, -0.15) is 0 Å². The second kappa shape index (κ2) is 4.03. The summed E-state index contributed by atoms with van der Waals surface area (Å²) >= 11 is 5.90. The molecule has 90 valence electrons. The van der Waals surface area contributed by atoms with Gasteiger partial charge in [0.15, 0.2) is 11.5 Å². The zero-order valence-electron chi connectivity index (χ0n) is 9.92. The average Bonchev–Trinajstić information content (AvgIpc) is 2.72. The Morgan fingerprint density at radius 2 is 1.94 bits per heavy atom. The quantitative estimate of drug-likeness (QED) is 0.630. The van der Waals surface area contributed by atoms with E-state index < -0.39 is 0 Å². The van der Waals surface area contributed by atoms with Gasteiger partial charge in [-0.15, -0.1) is 10.2 Å². The normalized spacial score (nSPS) is 11.1. The van der Waals surface area contributed by atoms with E-state index in [1.165, 1.54) is 0 Å². The number of rotatable bonds is 1. The Bertz CT molecular complexity index is 734. The van der Waals surface area contributed by atoms with Crippen molar-refractivity contribution in [2.75, 3.05) is 0 Å². The predicted molar refractivity (Wildman–Crippen MR) is 68.5 cm³/mol. The molecule has 0 amide bonds.